The molecule has 110 valence electrons. The van der Waals surface area contributed by atoms with Crippen molar-refractivity contribution in [1.29, 1.82) is 0 Å². The molecule has 0 saturated heterocycles. The van der Waals surface area contributed by atoms with Crippen LogP contribution in [0.25, 0.3) is 0 Å². The van der Waals surface area contributed by atoms with E-state index in [1.54, 1.807) is 11.8 Å². The number of thioether (sulfide) groups is 1. The van der Waals surface area contributed by atoms with Gasteiger partial charge in [-0.3, -0.25) is 4.79 Å². The Hall–Kier alpha value is -0.710. The Morgan fingerprint density at radius 2 is 2.40 bits per heavy atom. The number of carbonyl (C=O) groups is 1. The van der Waals surface area contributed by atoms with Crippen molar-refractivity contribution < 1.29 is 4.79 Å². The first kappa shape index (κ1) is 15.7. The number of benzene rings is 1. The van der Waals surface area contributed by atoms with Crippen LogP contribution < -0.4 is 11.1 Å². The number of halogens is 1. The summed E-state index contributed by atoms with van der Waals surface area (Å²) in [6, 6.07) is 7.86. The van der Waals surface area contributed by atoms with E-state index in [2.05, 4.69) is 11.4 Å². The molecule has 1 aliphatic carbocycles. The fraction of sp³-hybridized carbons (Fsp3) is 0.533. The first-order valence-corrected chi connectivity index (χ1v) is 8.28. The molecule has 1 aromatic rings. The minimum absolute atomic E-state index is 0.226. The molecule has 1 saturated carbocycles. The molecule has 2 rings (SSSR count). The molecule has 3 nitrogen and oxygen atoms in total. The summed E-state index contributed by atoms with van der Waals surface area (Å²) in [7, 11) is 0. The van der Waals surface area contributed by atoms with Crippen LogP contribution in [-0.2, 0) is 4.79 Å². The summed E-state index contributed by atoms with van der Waals surface area (Å²) in [5.41, 5.74) is 5.10. The fourth-order valence-electron chi connectivity index (χ4n) is 2.87. The van der Waals surface area contributed by atoms with Crippen molar-refractivity contribution in [3.8, 4) is 0 Å². The number of nitrogens with two attached hydrogens (primary N) is 1. The Balaban J connectivity index is 2.08. The molecule has 1 aromatic carbocycles. The molecule has 2 atom stereocenters. The van der Waals surface area contributed by atoms with Gasteiger partial charge in [-0.05, 0) is 50.4 Å². The minimum atomic E-state index is -0.538. The van der Waals surface area contributed by atoms with E-state index in [1.807, 2.05) is 25.1 Å². The molecule has 0 bridgehead atoms. The predicted octanol–water partition coefficient (Wildman–Crippen LogP) is 3.21. The lowest BCUT2D eigenvalue weighted by molar-refractivity contribution is -0.125. The van der Waals surface area contributed by atoms with Crippen LogP contribution in [0.1, 0.15) is 32.6 Å². The average molecular weight is 313 g/mol. The van der Waals surface area contributed by atoms with Crippen molar-refractivity contribution >= 4 is 29.3 Å². The number of rotatable bonds is 5. The summed E-state index contributed by atoms with van der Waals surface area (Å²) in [5.74, 6) is -0.226. The van der Waals surface area contributed by atoms with Crippen molar-refractivity contribution in [3.05, 3.63) is 29.3 Å². The van der Waals surface area contributed by atoms with Crippen molar-refractivity contribution in [2.24, 2.45) is 5.73 Å². The summed E-state index contributed by atoms with van der Waals surface area (Å²) in [6.45, 7) is 2.77. The Morgan fingerprint density at radius 3 is 3.05 bits per heavy atom. The monoisotopic (exact) mass is 312 g/mol. The molecule has 20 heavy (non-hydrogen) atoms. The maximum atomic E-state index is 11.8. The summed E-state index contributed by atoms with van der Waals surface area (Å²) in [6.07, 6.45) is 3.75. The van der Waals surface area contributed by atoms with Crippen molar-refractivity contribution in [2.45, 2.75) is 48.3 Å². The molecular weight excluding hydrogens is 292 g/mol. The van der Waals surface area contributed by atoms with Gasteiger partial charge in [0.25, 0.3) is 0 Å². The van der Waals surface area contributed by atoms with Crippen LogP contribution in [0, 0.1) is 0 Å². The first-order chi connectivity index (χ1) is 9.55. The standard InChI is InChI=1S/C15H21ClN2OS/c1-2-18-15(14(17)19)8-4-7-13(10-15)20-12-6-3-5-11(16)9-12/h3,5-6,9,13,18H,2,4,7-8,10H2,1H3,(H2,17,19). The second-order valence-corrected chi connectivity index (χ2v) is 7.08. The quantitative estimate of drug-likeness (QED) is 0.878. The zero-order chi connectivity index (χ0) is 14.6. The van der Waals surface area contributed by atoms with E-state index in [-0.39, 0.29) is 5.91 Å². The molecule has 3 N–H and O–H groups in total. The molecule has 1 fully saturated rings. The lowest BCUT2D eigenvalue weighted by atomic mass is 9.80. The third-order valence-electron chi connectivity index (χ3n) is 3.79. The number of primary amides is 1. The molecule has 1 amide bonds. The Labute approximate surface area is 129 Å². The highest BCUT2D eigenvalue weighted by molar-refractivity contribution is 8.00. The molecule has 0 heterocycles. The second kappa shape index (κ2) is 6.83. The maximum absolute atomic E-state index is 11.8. The number of hydrogen-bond donors (Lipinski definition) is 2. The van der Waals surface area contributed by atoms with Crippen LogP contribution in [0.4, 0.5) is 0 Å². The van der Waals surface area contributed by atoms with Gasteiger partial charge in [0.2, 0.25) is 5.91 Å². The van der Waals surface area contributed by atoms with Crippen molar-refractivity contribution in [1.82, 2.24) is 5.32 Å². The molecular formula is C15H21ClN2OS. The molecule has 0 radical (unpaired) electrons. The molecule has 0 aromatic heterocycles. The van der Waals surface area contributed by atoms with Gasteiger partial charge in [-0.15, -0.1) is 11.8 Å². The Kier molecular flexibility index (Phi) is 5.35. The topological polar surface area (TPSA) is 55.1 Å². The predicted molar refractivity (Wildman–Crippen MR) is 85.2 cm³/mol. The maximum Gasteiger partial charge on any atom is 0.237 e. The Morgan fingerprint density at radius 1 is 1.60 bits per heavy atom. The van der Waals surface area contributed by atoms with Crippen LogP contribution in [0.5, 0.6) is 0 Å². The van der Waals surface area contributed by atoms with Gasteiger partial charge in [-0.25, -0.2) is 0 Å². The van der Waals surface area contributed by atoms with Crippen LogP contribution in [0.3, 0.4) is 0 Å². The van der Waals surface area contributed by atoms with Crippen molar-refractivity contribution in [3.63, 3.8) is 0 Å². The van der Waals surface area contributed by atoms with Gasteiger partial charge < -0.3 is 11.1 Å². The first-order valence-electron chi connectivity index (χ1n) is 7.03. The van der Waals surface area contributed by atoms with Gasteiger partial charge in [-0.2, -0.15) is 0 Å². The number of likely N-dealkylation sites (N-methyl/N-ethyl adjacent to an activating group) is 1. The van der Waals surface area contributed by atoms with Crippen LogP contribution >= 0.6 is 23.4 Å². The highest BCUT2D eigenvalue weighted by Gasteiger charge is 2.40. The van der Waals surface area contributed by atoms with E-state index >= 15 is 0 Å². The van der Waals surface area contributed by atoms with E-state index in [0.29, 0.717) is 5.25 Å². The zero-order valence-corrected chi connectivity index (χ0v) is 13.3. The largest absolute Gasteiger partial charge is 0.368 e. The van der Waals surface area contributed by atoms with Gasteiger partial charge in [-0.1, -0.05) is 24.6 Å². The number of hydrogen-bond acceptors (Lipinski definition) is 3. The highest BCUT2D eigenvalue weighted by atomic mass is 35.5. The molecule has 2 unspecified atom stereocenters. The minimum Gasteiger partial charge on any atom is -0.368 e. The Bertz CT molecular complexity index is 479. The third kappa shape index (κ3) is 3.68. The smallest absolute Gasteiger partial charge is 0.237 e. The number of carbonyl (C=O) groups excluding carboxylic acids is 1. The molecule has 0 spiro atoms. The van der Waals surface area contributed by atoms with Gasteiger partial charge in [0.05, 0.1) is 5.54 Å². The zero-order valence-electron chi connectivity index (χ0n) is 11.7. The summed E-state index contributed by atoms with van der Waals surface area (Å²) in [5, 5.41) is 4.46. The van der Waals surface area contributed by atoms with E-state index in [9.17, 15) is 4.79 Å². The van der Waals surface area contributed by atoms with Crippen LogP contribution in [0.2, 0.25) is 5.02 Å². The molecule has 1 aliphatic rings. The summed E-state index contributed by atoms with van der Waals surface area (Å²) >= 11 is 7.81. The normalized spacial score (nSPS) is 26.4. The second-order valence-electron chi connectivity index (χ2n) is 5.27. The highest BCUT2D eigenvalue weighted by Crippen LogP contribution is 2.38. The van der Waals surface area contributed by atoms with Crippen LogP contribution in [-0.4, -0.2) is 23.2 Å². The van der Waals surface area contributed by atoms with Gasteiger partial charge in [0, 0.05) is 15.2 Å². The summed E-state index contributed by atoms with van der Waals surface area (Å²) in [4.78, 5) is 13.0. The number of nitrogens with one attached hydrogen (secondary N) is 1. The van der Waals surface area contributed by atoms with E-state index in [1.165, 1.54) is 0 Å². The fourth-order valence-corrected chi connectivity index (χ4v) is 4.51. The van der Waals surface area contributed by atoms with Gasteiger partial charge in [0.15, 0.2) is 0 Å². The number of amides is 1. The van der Waals surface area contributed by atoms with E-state index in [4.69, 9.17) is 17.3 Å². The molecule has 5 heteroatoms. The van der Waals surface area contributed by atoms with E-state index < -0.39 is 5.54 Å². The van der Waals surface area contributed by atoms with E-state index in [0.717, 1.165) is 42.1 Å². The third-order valence-corrected chi connectivity index (χ3v) is 5.29. The molecule has 0 aliphatic heterocycles. The lowest BCUT2D eigenvalue weighted by Crippen LogP contribution is -2.58. The average Bonchev–Trinajstić information content (AvgIpc) is 2.39. The SMILES string of the molecule is CCNC1(C(N)=O)CCCC(Sc2cccc(Cl)c2)C1. The lowest BCUT2D eigenvalue weighted by Gasteiger charge is -2.39. The van der Waals surface area contributed by atoms with Crippen LogP contribution in [0.15, 0.2) is 29.2 Å². The van der Waals surface area contributed by atoms with Gasteiger partial charge in [0.1, 0.15) is 0 Å². The van der Waals surface area contributed by atoms with Gasteiger partial charge >= 0.3 is 0 Å². The van der Waals surface area contributed by atoms with Crippen molar-refractivity contribution in [2.75, 3.05) is 6.54 Å². The summed E-state index contributed by atoms with van der Waals surface area (Å²) < 4.78 is 0.